The molecule has 1 aliphatic heterocycles. The number of amides is 1. The van der Waals surface area contributed by atoms with Gasteiger partial charge in [0.1, 0.15) is 6.10 Å². The lowest BCUT2D eigenvalue weighted by Crippen LogP contribution is -2.46. The van der Waals surface area contributed by atoms with Crippen LogP contribution >= 0.6 is 0 Å². The quantitative estimate of drug-likeness (QED) is 0.631. The lowest BCUT2D eigenvalue weighted by Gasteiger charge is -2.38. The normalized spacial score (nSPS) is 23.9. The number of carbonyl (C=O) groups is 2. The van der Waals surface area contributed by atoms with Gasteiger partial charge in [-0.25, -0.2) is 4.79 Å². The summed E-state index contributed by atoms with van der Waals surface area (Å²) in [6, 6.07) is 9.49. The summed E-state index contributed by atoms with van der Waals surface area (Å²) in [6.45, 7) is 3.88. The fourth-order valence-electron chi connectivity index (χ4n) is 2.22. The van der Waals surface area contributed by atoms with Crippen LogP contribution < -0.4 is 0 Å². The molecule has 5 heteroatoms. The molecule has 1 saturated heterocycles. The van der Waals surface area contributed by atoms with Gasteiger partial charge in [-0.05, 0) is 19.4 Å². The number of morpholine rings is 1. The molecule has 0 unspecified atom stereocenters. The van der Waals surface area contributed by atoms with E-state index in [1.165, 1.54) is 0 Å². The van der Waals surface area contributed by atoms with E-state index in [1.54, 1.807) is 18.9 Å². The first-order valence-electron chi connectivity index (χ1n) is 6.91. The Kier molecular flexibility index (Phi) is 4.62. The van der Waals surface area contributed by atoms with Crippen molar-refractivity contribution in [1.29, 1.82) is 0 Å². The van der Waals surface area contributed by atoms with Gasteiger partial charge in [0, 0.05) is 7.05 Å². The maximum Gasteiger partial charge on any atom is 0.334 e. The lowest BCUT2D eigenvalue weighted by molar-refractivity contribution is -0.145. The highest BCUT2D eigenvalue weighted by molar-refractivity contribution is 5.98. The smallest absolute Gasteiger partial charge is 0.334 e. The molecular weight excluding hydrogens is 270 g/mol. The van der Waals surface area contributed by atoms with Crippen molar-refractivity contribution in [2.24, 2.45) is 0 Å². The van der Waals surface area contributed by atoms with Gasteiger partial charge >= 0.3 is 5.97 Å². The van der Waals surface area contributed by atoms with Crippen LogP contribution in [0.2, 0.25) is 0 Å². The minimum Gasteiger partial charge on any atom is -0.478 e. The van der Waals surface area contributed by atoms with E-state index in [4.69, 9.17) is 9.47 Å². The molecule has 0 spiro atoms. The summed E-state index contributed by atoms with van der Waals surface area (Å²) in [5.41, 5.74) is 0.958. The third-order valence-corrected chi connectivity index (χ3v) is 3.50. The zero-order chi connectivity index (χ0) is 15.4. The number of likely N-dealkylation sites (N-methyl/N-ethyl adjacent to an activating group) is 1. The van der Waals surface area contributed by atoms with E-state index < -0.39 is 5.97 Å². The van der Waals surface area contributed by atoms with E-state index in [1.807, 2.05) is 37.3 Å². The predicted octanol–water partition coefficient (Wildman–Crippen LogP) is 2.05. The summed E-state index contributed by atoms with van der Waals surface area (Å²) >= 11 is 0. The van der Waals surface area contributed by atoms with Crippen molar-refractivity contribution < 1.29 is 19.1 Å². The molecule has 0 aromatic heterocycles. The average molecular weight is 289 g/mol. The second-order valence-electron chi connectivity index (χ2n) is 4.87. The van der Waals surface area contributed by atoms with Gasteiger partial charge in [-0.2, -0.15) is 0 Å². The van der Waals surface area contributed by atoms with Crippen LogP contribution in [-0.2, 0) is 19.1 Å². The van der Waals surface area contributed by atoms with Crippen LogP contribution in [0.1, 0.15) is 25.5 Å². The predicted molar refractivity (Wildman–Crippen MR) is 77.2 cm³/mol. The largest absolute Gasteiger partial charge is 0.478 e. The molecule has 2 rings (SSSR count). The highest BCUT2D eigenvalue weighted by atomic mass is 16.5. The second kappa shape index (κ2) is 6.43. The van der Waals surface area contributed by atoms with Crippen molar-refractivity contribution in [3.05, 3.63) is 47.7 Å². The molecule has 1 fully saturated rings. The fraction of sp³-hybridized carbons (Fsp3) is 0.375. The topological polar surface area (TPSA) is 55.8 Å². The van der Waals surface area contributed by atoms with Crippen molar-refractivity contribution >= 4 is 11.9 Å². The van der Waals surface area contributed by atoms with Gasteiger partial charge in [-0.15, -0.1) is 0 Å². The molecule has 5 nitrogen and oxygen atoms in total. The van der Waals surface area contributed by atoms with Crippen molar-refractivity contribution in [3.63, 3.8) is 0 Å². The third-order valence-electron chi connectivity index (χ3n) is 3.50. The van der Waals surface area contributed by atoms with E-state index in [2.05, 4.69) is 0 Å². The lowest BCUT2D eigenvalue weighted by atomic mass is 10.0. The summed E-state index contributed by atoms with van der Waals surface area (Å²) in [6.07, 6.45) is 0.805. The number of nitrogens with zero attached hydrogens (tertiary/aromatic N) is 1. The molecule has 0 radical (unpaired) electrons. The van der Waals surface area contributed by atoms with Crippen LogP contribution in [0.3, 0.4) is 0 Å². The molecule has 1 aromatic carbocycles. The molecular formula is C16H19NO4. The minimum atomic E-state index is -0.574. The van der Waals surface area contributed by atoms with Crippen molar-refractivity contribution in [2.75, 3.05) is 13.7 Å². The summed E-state index contributed by atoms with van der Waals surface area (Å²) in [5.74, 6) is -0.874. The van der Waals surface area contributed by atoms with Crippen molar-refractivity contribution in [1.82, 2.24) is 4.90 Å². The maximum atomic E-state index is 12.2. The first kappa shape index (κ1) is 15.1. The molecule has 0 N–H and O–H groups in total. The van der Waals surface area contributed by atoms with Crippen molar-refractivity contribution in [2.45, 2.75) is 26.0 Å². The van der Waals surface area contributed by atoms with Gasteiger partial charge in [0.25, 0.3) is 5.91 Å². The first-order valence-corrected chi connectivity index (χ1v) is 6.91. The first-order chi connectivity index (χ1) is 10.0. The van der Waals surface area contributed by atoms with Gasteiger partial charge in [-0.3, -0.25) is 4.79 Å². The van der Waals surface area contributed by atoms with Crippen LogP contribution in [0, 0.1) is 0 Å². The van der Waals surface area contributed by atoms with Crippen LogP contribution in [0.25, 0.3) is 0 Å². The summed E-state index contributed by atoms with van der Waals surface area (Å²) in [5, 5.41) is 0. The molecule has 2 atom stereocenters. The van der Waals surface area contributed by atoms with Gasteiger partial charge in [-0.1, -0.05) is 30.3 Å². The van der Waals surface area contributed by atoms with Gasteiger partial charge in [0.05, 0.1) is 18.7 Å². The Bertz CT molecular complexity index is 553. The monoisotopic (exact) mass is 289 g/mol. The number of ether oxygens (including phenoxy) is 2. The number of hydrogen-bond donors (Lipinski definition) is 0. The summed E-state index contributed by atoms with van der Waals surface area (Å²) in [4.78, 5) is 25.3. The van der Waals surface area contributed by atoms with Crippen LogP contribution in [0.5, 0.6) is 0 Å². The van der Waals surface area contributed by atoms with E-state index in [0.717, 1.165) is 11.6 Å². The summed E-state index contributed by atoms with van der Waals surface area (Å²) < 4.78 is 10.6. The highest BCUT2D eigenvalue weighted by Crippen LogP contribution is 2.32. The van der Waals surface area contributed by atoms with Crippen molar-refractivity contribution in [3.8, 4) is 0 Å². The molecule has 21 heavy (non-hydrogen) atoms. The Balaban J connectivity index is 2.28. The molecule has 1 aromatic rings. The molecule has 0 saturated carbocycles. The minimum absolute atomic E-state index is 0.0166. The zero-order valence-electron chi connectivity index (χ0n) is 12.4. The second-order valence-corrected chi connectivity index (χ2v) is 4.87. The Morgan fingerprint density at radius 2 is 2.05 bits per heavy atom. The van der Waals surface area contributed by atoms with E-state index >= 15 is 0 Å². The zero-order valence-corrected chi connectivity index (χ0v) is 12.4. The standard InChI is InChI=1S/C16H19NO4/c1-4-20-14(18)10-13-16(19)17(3)11(2)15(21-13)12-8-6-5-7-9-12/h5-11,15H,4H2,1-3H3/b13-10+/t11-,15-/m0/s1. The van der Waals surface area contributed by atoms with Gasteiger partial charge in [0.2, 0.25) is 0 Å². The molecule has 0 aliphatic carbocycles. The number of esters is 1. The fourth-order valence-corrected chi connectivity index (χ4v) is 2.22. The number of rotatable bonds is 3. The molecule has 0 bridgehead atoms. The number of carbonyl (C=O) groups excluding carboxylic acids is 2. The van der Waals surface area contributed by atoms with Crippen LogP contribution in [0.4, 0.5) is 0 Å². The Labute approximate surface area is 124 Å². The maximum absolute atomic E-state index is 12.2. The Morgan fingerprint density at radius 3 is 2.67 bits per heavy atom. The summed E-state index contributed by atoms with van der Waals surface area (Å²) in [7, 11) is 1.70. The molecule has 1 heterocycles. The number of benzene rings is 1. The Morgan fingerprint density at radius 1 is 1.38 bits per heavy atom. The molecule has 1 amide bonds. The van der Waals surface area contributed by atoms with E-state index in [-0.39, 0.29) is 30.4 Å². The molecule has 1 aliphatic rings. The van der Waals surface area contributed by atoms with Gasteiger partial charge in [0.15, 0.2) is 5.76 Å². The Hall–Kier alpha value is -2.30. The number of hydrogen-bond acceptors (Lipinski definition) is 4. The van der Waals surface area contributed by atoms with Gasteiger partial charge < -0.3 is 14.4 Å². The SMILES string of the molecule is CCOC(=O)/C=C1/O[C@H](c2ccccc2)[C@H](C)N(C)C1=O. The average Bonchev–Trinajstić information content (AvgIpc) is 2.49. The third kappa shape index (κ3) is 3.24. The van der Waals surface area contributed by atoms with Crippen LogP contribution in [0.15, 0.2) is 42.2 Å². The van der Waals surface area contributed by atoms with E-state index in [9.17, 15) is 9.59 Å². The van der Waals surface area contributed by atoms with Crippen LogP contribution in [-0.4, -0.2) is 36.5 Å². The van der Waals surface area contributed by atoms with E-state index in [0.29, 0.717) is 0 Å². The molecule has 112 valence electrons. The highest BCUT2D eigenvalue weighted by Gasteiger charge is 2.36.